The summed E-state index contributed by atoms with van der Waals surface area (Å²) in [6.45, 7) is 2.12. The maximum absolute atomic E-state index is 7.73. The lowest BCUT2D eigenvalue weighted by molar-refractivity contribution is 0.459. The van der Waals surface area contributed by atoms with Crippen molar-refractivity contribution < 1.29 is 4.74 Å². The average molecular weight is 281 g/mol. The third kappa shape index (κ3) is 2.75. The summed E-state index contributed by atoms with van der Waals surface area (Å²) in [5.74, 6) is 1.16. The van der Waals surface area contributed by atoms with Gasteiger partial charge in [0.1, 0.15) is 11.6 Å². The Morgan fingerprint density at radius 2 is 2.05 bits per heavy atom. The lowest BCUT2D eigenvalue weighted by Gasteiger charge is -2.12. The van der Waals surface area contributed by atoms with Gasteiger partial charge in [-0.3, -0.25) is 5.41 Å². The number of benzene rings is 1. The smallest absolute Gasteiger partial charge is 0.230 e. The third-order valence-electron chi connectivity index (χ3n) is 3.85. The molecule has 108 valence electrons. The quantitative estimate of drug-likeness (QED) is 0.667. The maximum Gasteiger partial charge on any atom is 0.230 e. The van der Waals surface area contributed by atoms with Crippen LogP contribution >= 0.6 is 0 Å². The highest BCUT2D eigenvalue weighted by molar-refractivity contribution is 5.97. The number of nitrogens with zero attached hydrogens (tertiary/aromatic N) is 1. The minimum absolute atomic E-state index is 0.00243. The van der Waals surface area contributed by atoms with E-state index in [1.54, 1.807) is 0 Å². The van der Waals surface area contributed by atoms with E-state index in [1.807, 2.05) is 30.3 Å². The normalized spacial score (nSPS) is 13.0. The Labute approximate surface area is 124 Å². The van der Waals surface area contributed by atoms with Crippen LogP contribution in [0, 0.1) is 5.41 Å². The molecule has 0 aliphatic heterocycles. The van der Waals surface area contributed by atoms with Crippen LogP contribution in [0.25, 0.3) is 0 Å². The third-order valence-corrected chi connectivity index (χ3v) is 3.85. The van der Waals surface area contributed by atoms with Crippen molar-refractivity contribution in [3.8, 4) is 11.6 Å². The number of fused-ring (bicyclic) bond motifs is 1. The van der Waals surface area contributed by atoms with Crippen molar-refractivity contribution in [1.82, 2.24) is 4.98 Å². The Bertz CT molecular complexity index is 677. The highest BCUT2D eigenvalue weighted by Crippen LogP contribution is 2.29. The van der Waals surface area contributed by atoms with Gasteiger partial charge in [0.2, 0.25) is 5.88 Å². The fourth-order valence-electron chi connectivity index (χ4n) is 2.63. The van der Waals surface area contributed by atoms with Crippen LogP contribution in [0.4, 0.5) is 0 Å². The number of nitrogen functional groups attached to an aromatic ring is 1. The molecule has 4 nitrogen and oxygen atoms in total. The minimum Gasteiger partial charge on any atom is -0.438 e. The number of rotatable bonds is 4. The van der Waals surface area contributed by atoms with Crippen molar-refractivity contribution >= 4 is 5.84 Å². The second-order valence-electron chi connectivity index (χ2n) is 5.31. The molecule has 21 heavy (non-hydrogen) atoms. The van der Waals surface area contributed by atoms with Gasteiger partial charge in [-0.05, 0) is 55.0 Å². The van der Waals surface area contributed by atoms with E-state index >= 15 is 0 Å². The molecule has 4 heteroatoms. The SMILES string of the molecule is CCc1ccc(Oc2nc3c(cc2C(=N)N)CCC3)cc1. The Morgan fingerprint density at radius 3 is 2.71 bits per heavy atom. The van der Waals surface area contributed by atoms with Gasteiger partial charge in [0, 0.05) is 5.69 Å². The van der Waals surface area contributed by atoms with E-state index in [4.69, 9.17) is 15.9 Å². The van der Waals surface area contributed by atoms with Crippen molar-refractivity contribution in [2.24, 2.45) is 5.73 Å². The first-order valence-corrected chi connectivity index (χ1v) is 7.31. The number of hydrogen-bond donors (Lipinski definition) is 2. The van der Waals surface area contributed by atoms with Crippen molar-refractivity contribution in [1.29, 1.82) is 5.41 Å². The minimum atomic E-state index is -0.00243. The molecule has 0 radical (unpaired) electrons. The summed E-state index contributed by atoms with van der Waals surface area (Å²) < 4.78 is 5.86. The first-order chi connectivity index (χ1) is 10.2. The van der Waals surface area contributed by atoms with Gasteiger partial charge in [0.25, 0.3) is 0 Å². The molecule has 0 spiro atoms. The summed E-state index contributed by atoms with van der Waals surface area (Å²) in [7, 11) is 0. The molecule has 0 saturated heterocycles. The molecule has 0 saturated carbocycles. The molecule has 0 fully saturated rings. The molecule has 0 bridgehead atoms. The highest BCUT2D eigenvalue weighted by Gasteiger charge is 2.19. The Hall–Kier alpha value is -2.36. The highest BCUT2D eigenvalue weighted by atomic mass is 16.5. The van der Waals surface area contributed by atoms with Crippen LogP contribution < -0.4 is 10.5 Å². The van der Waals surface area contributed by atoms with E-state index in [2.05, 4.69) is 11.9 Å². The molecule has 1 aromatic heterocycles. The van der Waals surface area contributed by atoms with Crippen LogP contribution in [0.1, 0.15) is 35.7 Å². The molecule has 0 unspecified atom stereocenters. The zero-order valence-corrected chi connectivity index (χ0v) is 12.1. The van der Waals surface area contributed by atoms with Gasteiger partial charge >= 0.3 is 0 Å². The van der Waals surface area contributed by atoms with E-state index in [-0.39, 0.29) is 5.84 Å². The molecular weight excluding hydrogens is 262 g/mol. The number of nitrogens with one attached hydrogen (secondary N) is 1. The molecule has 3 rings (SSSR count). The Kier molecular flexibility index (Phi) is 3.60. The lowest BCUT2D eigenvalue weighted by atomic mass is 10.1. The van der Waals surface area contributed by atoms with E-state index in [1.165, 1.54) is 11.1 Å². The first kappa shape index (κ1) is 13.6. The summed E-state index contributed by atoms with van der Waals surface area (Å²) in [6, 6.07) is 9.88. The number of aryl methyl sites for hydroxylation is 3. The van der Waals surface area contributed by atoms with Crippen LogP contribution in [-0.4, -0.2) is 10.8 Å². The summed E-state index contributed by atoms with van der Waals surface area (Å²) >= 11 is 0. The van der Waals surface area contributed by atoms with Gasteiger partial charge in [-0.2, -0.15) is 0 Å². The van der Waals surface area contributed by atoms with Crippen LogP contribution in [0.5, 0.6) is 11.6 Å². The molecule has 0 amide bonds. The largest absolute Gasteiger partial charge is 0.438 e. The first-order valence-electron chi connectivity index (χ1n) is 7.31. The van der Waals surface area contributed by atoms with Crippen LogP contribution in [-0.2, 0) is 19.3 Å². The molecular formula is C17H19N3O. The number of pyridine rings is 1. The number of nitrogens with two attached hydrogens (primary N) is 1. The van der Waals surface area contributed by atoms with Gasteiger partial charge < -0.3 is 10.5 Å². The fourth-order valence-corrected chi connectivity index (χ4v) is 2.63. The maximum atomic E-state index is 7.73. The van der Waals surface area contributed by atoms with Crippen LogP contribution in [0.15, 0.2) is 30.3 Å². The van der Waals surface area contributed by atoms with E-state index in [0.717, 1.165) is 37.1 Å². The van der Waals surface area contributed by atoms with Crippen molar-refractivity contribution in [3.05, 3.63) is 52.7 Å². The second kappa shape index (κ2) is 5.56. The predicted molar refractivity (Wildman–Crippen MR) is 83.2 cm³/mol. The van der Waals surface area contributed by atoms with E-state index in [0.29, 0.717) is 11.4 Å². The topological polar surface area (TPSA) is 72.0 Å². The summed E-state index contributed by atoms with van der Waals surface area (Å²) in [5.41, 5.74) is 9.77. The zero-order valence-electron chi connectivity index (χ0n) is 12.1. The summed E-state index contributed by atoms with van der Waals surface area (Å²) in [5, 5.41) is 7.73. The van der Waals surface area contributed by atoms with Gasteiger partial charge in [0.15, 0.2) is 0 Å². The summed E-state index contributed by atoms with van der Waals surface area (Å²) in [6.07, 6.45) is 4.08. The molecule has 2 aromatic rings. The summed E-state index contributed by atoms with van der Waals surface area (Å²) in [4.78, 5) is 4.57. The zero-order chi connectivity index (χ0) is 14.8. The number of aromatic nitrogens is 1. The number of amidine groups is 1. The molecule has 1 heterocycles. The van der Waals surface area contributed by atoms with Crippen LogP contribution in [0.3, 0.4) is 0 Å². The van der Waals surface area contributed by atoms with Crippen molar-refractivity contribution in [2.45, 2.75) is 32.6 Å². The van der Waals surface area contributed by atoms with Crippen molar-refractivity contribution in [3.63, 3.8) is 0 Å². The van der Waals surface area contributed by atoms with Gasteiger partial charge in [-0.1, -0.05) is 19.1 Å². The average Bonchev–Trinajstić information content (AvgIpc) is 2.94. The standard InChI is InChI=1S/C17H19N3O/c1-2-11-6-8-13(9-7-11)21-17-14(16(18)19)10-12-4-3-5-15(12)20-17/h6-10H,2-5H2,1H3,(H3,18,19). The molecule has 0 atom stereocenters. The van der Waals surface area contributed by atoms with Crippen molar-refractivity contribution in [2.75, 3.05) is 0 Å². The Morgan fingerprint density at radius 1 is 1.29 bits per heavy atom. The predicted octanol–water partition coefficient (Wildman–Crippen LogP) is 3.21. The molecule has 1 aliphatic carbocycles. The fraction of sp³-hybridized carbons (Fsp3) is 0.294. The number of ether oxygens (including phenoxy) is 1. The van der Waals surface area contributed by atoms with E-state index in [9.17, 15) is 0 Å². The molecule has 1 aromatic carbocycles. The molecule has 1 aliphatic rings. The van der Waals surface area contributed by atoms with Gasteiger partial charge in [0.05, 0.1) is 5.56 Å². The second-order valence-corrected chi connectivity index (χ2v) is 5.31. The van der Waals surface area contributed by atoms with Gasteiger partial charge in [-0.25, -0.2) is 4.98 Å². The van der Waals surface area contributed by atoms with Gasteiger partial charge in [-0.15, -0.1) is 0 Å². The molecule has 3 N–H and O–H groups in total. The number of hydrogen-bond acceptors (Lipinski definition) is 3. The van der Waals surface area contributed by atoms with E-state index < -0.39 is 0 Å². The Balaban J connectivity index is 1.94. The monoisotopic (exact) mass is 281 g/mol. The van der Waals surface area contributed by atoms with Crippen LogP contribution in [0.2, 0.25) is 0 Å². The lowest BCUT2D eigenvalue weighted by Crippen LogP contribution is -2.14.